The molecular weight excluding hydrogens is 622 g/mol. The fourth-order valence-electron chi connectivity index (χ4n) is 3.95. The molecule has 0 amide bonds. The van der Waals surface area contributed by atoms with Gasteiger partial charge in [-0.2, -0.15) is 0 Å². The summed E-state index contributed by atoms with van der Waals surface area (Å²) in [6.45, 7) is 8.64. The Bertz CT molecular complexity index is 1550. The number of fused-ring (bicyclic) bond motifs is 3. The lowest BCUT2D eigenvalue weighted by Gasteiger charge is -2.05. The molecule has 0 radical (unpaired) electrons. The Kier molecular flexibility index (Phi) is 6.33. The van der Waals surface area contributed by atoms with Crippen molar-refractivity contribution in [1.29, 1.82) is 0 Å². The Morgan fingerprint density at radius 1 is 0.758 bits per heavy atom. The molecule has 5 aromatic rings. The molecule has 0 aromatic carbocycles. The molecule has 0 fully saturated rings. The molecule has 0 saturated heterocycles. The molecule has 33 heavy (non-hydrogen) atoms. The lowest BCUT2D eigenvalue weighted by molar-refractivity contribution is 0.506. The summed E-state index contributed by atoms with van der Waals surface area (Å²) in [5, 5.41) is 1.26. The van der Waals surface area contributed by atoms with Crippen LogP contribution >= 0.6 is 77.2 Å². The Morgan fingerprint density at radius 3 is 1.52 bits per heavy atom. The van der Waals surface area contributed by atoms with E-state index < -0.39 is 0 Å². The monoisotopic (exact) mass is 639 g/mol. The molecule has 0 N–H and O–H groups in total. The summed E-state index contributed by atoms with van der Waals surface area (Å²) in [6.07, 6.45) is 0. The van der Waals surface area contributed by atoms with Gasteiger partial charge in [-0.3, -0.25) is 14.2 Å². The highest BCUT2D eigenvalue weighted by Gasteiger charge is 2.20. The van der Waals surface area contributed by atoms with Crippen LogP contribution in [0.2, 0.25) is 0 Å². The summed E-state index contributed by atoms with van der Waals surface area (Å²) < 4.78 is 5.38. The third-order valence-electron chi connectivity index (χ3n) is 5.39. The van der Waals surface area contributed by atoms with Crippen molar-refractivity contribution in [3.63, 3.8) is 0 Å². The number of nitrogens with zero attached hydrogens (tertiary/aromatic N) is 1. The molecule has 3 nitrogen and oxygen atoms in total. The van der Waals surface area contributed by atoms with Gasteiger partial charge in [0.05, 0.1) is 27.7 Å². The van der Waals surface area contributed by atoms with Crippen molar-refractivity contribution >= 4 is 97.4 Å². The normalized spacial score (nSPS) is 12.0. The summed E-state index contributed by atoms with van der Waals surface area (Å²) in [5.41, 5.74) is 1.97. The summed E-state index contributed by atoms with van der Waals surface area (Å²) >= 11 is 13.7. The minimum Gasteiger partial charge on any atom is -0.274 e. The summed E-state index contributed by atoms with van der Waals surface area (Å²) in [6, 6.07) is 8.17. The fourth-order valence-corrected chi connectivity index (χ4v) is 10.2. The summed E-state index contributed by atoms with van der Waals surface area (Å²) in [4.78, 5) is 31.7. The van der Waals surface area contributed by atoms with Crippen LogP contribution in [-0.4, -0.2) is 4.57 Å². The van der Waals surface area contributed by atoms with Gasteiger partial charge in [-0.15, -0.1) is 45.3 Å². The van der Waals surface area contributed by atoms with Gasteiger partial charge in [0, 0.05) is 26.1 Å². The molecule has 0 aliphatic heterocycles. The minimum absolute atomic E-state index is 0.185. The van der Waals surface area contributed by atoms with E-state index in [-0.39, 0.29) is 17.0 Å². The average Bonchev–Trinajstić information content (AvgIpc) is 3.48. The maximum Gasteiger partial charge on any atom is 0.262 e. The van der Waals surface area contributed by atoms with Gasteiger partial charge in [0.15, 0.2) is 0 Å². The van der Waals surface area contributed by atoms with Crippen LogP contribution in [0.1, 0.15) is 25.0 Å². The molecule has 0 aliphatic carbocycles. The number of thiophene rings is 4. The van der Waals surface area contributed by atoms with E-state index in [1.807, 2.05) is 26.0 Å². The van der Waals surface area contributed by atoms with Crippen LogP contribution in [0.5, 0.6) is 0 Å². The molecular formula is C24H19Br2NO2S4. The second kappa shape index (κ2) is 8.84. The number of rotatable bonds is 4. The molecule has 0 atom stereocenters. The fraction of sp³-hybridized carbons (Fsp3) is 0.250. The molecule has 0 unspecified atom stereocenters. The quantitative estimate of drug-likeness (QED) is 0.197. The van der Waals surface area contributed by atoms with E-state index in [4.69, 9.17) is 0 Å². The van der Waals surface area contributed by atoms with Gasteiger partial charge in [-0.25, -0.2) is 0 Å². The Hall–Kier alpha value is -1.10. The molecule has 5 heterocycles. The molecule has 0 aliphatic rings. The molecule has 5 rings (SSSR count). The van der Waals surface area contributed by atoms with Crippen molar-refractivity contribution in [2.45, 2.75) is 34.2 Å². The number of aryl methyl sites for hydroxylation is 2. The predicted molar refractivity (Wildman–Crippen MR) is 154 cm³/mol. The minimum atomic E-state index is -0.195. The van der Waals surface area contributed by atoms with Crippen molar-refractivity contribution in [1.82, 2.24) is 4.57 Å². The van der Waals surface area contributed by atoms with Gasteiger partial charge in [0.2, 0.25) is 0 Å². The van der Waals surface area contributed by atoms with Gasteiger partial charge >= 0.3 is 0 Å². The first-order valence-electron chi connectivity index (χ1n) is 10.3. The van der Waals surface area contributed by atoms with Crippen molar-refractivity contribution < 1.29 is 0 Å². The van der Waals surface area contributed by atoms with E-state index in [9.17, 15) is 9.59 Å². The third kappa shape index (κ3) is 4.15. The van der Waals surface area contributed by atoms with E-state index in [1.54, 1.807) is 45.3 Å². The van der Waals surface area contributed by atoms with Gasteiger partial charge in [-0.05, 0) is 87.0 Å². The first-order valence-corrected chi connectivity index (χ1v) is 15.2. The number of hydrogen-bond acceptors (Lipinski definition) is 6. The topological polar surface area (TPSA) is 39.1 Å². The lowest BCUT2D eigenvalue weighted by Crippen LogP contribution is -2.31. The van der Waals surface area contributed by atoms with Crippen LogP contribution in [0.25, 0.3) is 39.7 Å². The zero-order valence-electron chi connectivity index (χ0n) is 18.2. The molecule has 170 valence electrons. The van der Waals surface area contributed by atoms with Crippen LogP contribution in [0.4, 0.5) is 0 Å². The second-order valence-corrected chi connectivity index (χ2v) is 15.4. The van der Waals surface area contributed by atoms with Gasteiger partial charge in [0.1, 0.15) is 0 Å². The van der Waals surface area contributed by atoms with Crippen molar-refractivity contribution in [2.75, 3.05) is 0 Å². The standard InChI is InChI=1S/C24H19Br2NO2S4/c1-10(2)9-27-23(28)13-7-15(19-11(3)5-17(25)32-19)30-21(13)22-14(24(27)29)8-16(31-22)20-12(4)6-18(26)33-20/h5-8,10H,9H2,1-4H3. The zero-order valence-corrected chi connectivity index (χ0v) is 24.7. The van der Waals surface area contributed by atoms with Crippen molar-refractivity contribution in [2.24, 2.45) is 5.92 Å². The Labute approximate surface area is 223 Å². The first kappa shape index (κ1) is 23.6. The first-order chi connectivity index (χ1) is 15.6. The molecule has 5 aromatic heterocycles. The number of aromatic nitrogens is 1. The van der Waals surface area contributed by atoms with Crippen LogP contribution in [0, 0.1) is 19.8 Å². The van der Waals surface area contributed by atoms with Gasteiger partial charge in [-0.1, -0.05) is 13.8 Å². The van der Waals surface area contributed by atoms with E-state index in [0.717, 1.165) is 36.5 Å². The third-order valence-corrected chi connectivity index (χ3v) is 11.7. The SMILES string of the molecule is Cc1cc(Br)sc1-c1cc2c(=O)n(CC(C)C)c(=O)c3cc(-c4sc(Br)cc4C)sc3c2s1. The lowest BCUT2D eigenvalue weighted by atomic mass is 10.2. The van der Waals surface area contributed by atoms with E-state index in [1.165, 1.54) is 15.7 Å². The number of halogens is 2. The van der Waals surface area contributed by atoms with Crippen LogP contribution in [0.15, 0.2) is 41.4 Å². The highest BCUT2D eigenvalue weighted by molar-refractivity contribution is 9.11. The maximum absolute atomic E-state index is 13.6. The molecule has 0 bridgehead atoms. The van der Waals surface area contributed by atoms with Crippen molar-refractivity contribution in [3.05, 3.63) is 63.7 Å². The van der Waals surface area contributed by atoms with Crippen LogP contribution < -0.4 is 11.1 Å². The number of hydrogen-bond donors (Lipinski definition) is 0. The molecule has 9 heteroatoms. The van der Waals surface area contributed by atoms with Crippen LogP contribution in [-0.2, 0) is 6.54 Å². The van der Waals surface area contributed by atoms with Gasteiger partial charge < -0.3 is 0 Å². The van der Waals surface area contributed by atoms with E-state index in [2.05, 4.69) is 57.8 Å². The smallest absolute Gasteiger partial charge is 0.262 e. The van der Waals surface area contributed by atoms with E-state index in [0.29, 0.717) is 17.3 Å². The average molecular weight is 641 g/mol. The zero-order chi connectivity index (χ0) is 23.6. The largest absolute Gasteiger partial charge is 0.274 e. The van der Waals surface area contributed by atoms with E-state index >= 15 is 0 Å². The second-order valence-electron chi connectivity index (χ2n) is 8.45. The highest BCUT2D eigenvalue weighted by Crippen LogP contribution is 2.45. The summed E-state index contributed by atoms with van der Waals surface area (Å²) in [7, 11) is 0. The van der Waals surface area contributed by atoms with Gasteiger partial charge in [0.25, 0.3) is 11.1 Å². The Morgan fingerprint density at radius 2 is 1.18 bits per heavy atom. The maximum atomic E-state index is 13.6. The summed E-state index contributed by atoms with van der Waals surface area (Å²) in [5.74, 6) is 0.185. The molecule has 0 saturated carbocycles. The highest BCUT2D eigenvalue weighted by atomic mass is 79.9. The van der Waals surface area contributed by atoms with Crippen molar-refractivity contribution in [3.8, 4) is 19.5 Å². The molecule has 0 spiro atoms. The Balaban J connectivity index is 1.91. The van der Waals surface area contributed by atoms with Crippen LogP contribution in [0.3, 0.4) is 0 Å². The predicted octanol–water partition coefficient (Wildman–Crippen LogP) is 8.89.